The number of nitrogens with zero attached hydrogens (tertiary/aromatic N) is 1. The molecule has 0 radical (unpaired) electrons. The molecule has 18 heavy (non-hydrogen) atoms. The first-order chi connectivity index (χ1) is 8.84. The standard InChI is InChI=1S/C14H14ClNO2/c15-14-10-12(6-7-16-14)11-17-8-9-18-13-4-2-1-3-5-13/h1-7,10H,8-9,11H2. The summed E-state index contributed by atoms with van der Waals surface area (Å²) in [5, 5.41) is 0.483. The van der Waals surface area contributed by atoms with Crippen LogP contribution in [-0.2, 0) is 11.3 Å². The summed E-state index contributed by atoms with van der Waals surface area (Å²) < 4.78 is 11.0. The number of benzene rings is 1. The molecular weight excluding hydrogens is 250 g/mol. The number of hydrogen-bond donors (Lipinski definition) is 0. The van der Waals surface area contributed by atoms with Crippen LogP contribution in [0.15, 0.2) is 48.7 Å². The molecule has 4 heteroatoms. The molecule has 0 aliphatic carbocycles. The molecule has 3 nitrogen and oxygen atoms in total. The second kappa shape index (κ2) is 6.99. The van der Waals surface area contributed by atoms with Crippen LogP contribution in [0.2, 0.25) is 5.15 Å². The highest BCUT2D eigenvalue weighted by Gasteiger charge is 1.96. The number of halogens is 1. The average Bonchev–Trinajstić information content (AvgIpc) is 2.40. The minimum absolute atomic E-state index is 0.483. The van der Waals surface area contributed by atoms with Crippen LogP contribution >= 0.6 is 11.6 Å². The maximum atomic E-state index is 5.77. The van der Waals surface area contributed by atoms with Crippen molar-refractivity contribution in [3.8, 4) is 5.75 Å². The fraction of sp³-hybridized carbons (Fsp3) is 0.214. The number of hydrogen-bond acceptors (Lipinski definition) is 3. The van der Waals surface area contributed by atoms with E-state index in [1.807, 2.05) is 36.4 Å². The van der Waals surface area contributed by atoms with Crippen molar-refractivity contribution >= 4 is 11.6 Å². The molecule has 0 unspecified atom stereocenters. The molecule has 0 fully saturated rings. The van der Waals surface area contributed by atoms with Gasteiger partial charge in [-0.05, 0) is 29.8 Å². The zero-order valence-electron chi connectivity index (χ0n) is 9.88. The van der Waals surface area contributed by atoms with Crippen LogP contribution in [0.5, 0.6) is 5.75 Å². The van der Waals surface area contributed by atoms with E-state index in [4.69, 9.17) is 21.1 Å². The zero-order valence-corrected chi connectivity index (χ0v) is 10.6. The van der Waals surface area contributed by atoms with Gasteiger partial charge in [-0.2, -0.15) is 0 Å². The SMILES string of the molecule is Clc1cc(COCCOc2ccccc2)ccn1. The first-order valence-corrected chi connectivity index (χ1v) is 6.08. The van der Waals surface area contributed by atoms with E-state index in [-0.39, 0.29) is 0 Å². The number of para-hydroxylation sites is 1. The molecule has 94 valence electrons. The molecule has 0 amide bonds. The van der Waals surface area contributed by atoms with E-state index in [0.29, 0.717) is 25.0 Å². The Morgan fingerprint density at radius 2 is 1.89 bits per heavy atom. The van der Waals surface area contributed by atoms with Crippen LogP contribution in [-0.4, -0.2) is 18.2 Å². The van der Waals surface area contributed by atoms with Gasteiger partial charge in [0.25, 0.3) is 0 Å². The summed E-state index contributed by atoms with van der Waals surface area (Å²) in [4.78, 5) is 3.91. The van der Waals surface area contributed by atoms with Crippen LogP contribution in [0.3, 0.4) is 0 Å². The van der Waals surface area contributed by atoms with Crippen LogP contribution in [0.4, 0.5) is 0 Å². The molecule has 2 rings (SSSR count). The Labute approximate surface area is 111 Å². The number of ether oxygens (including phenoxy) is 2. The zero-order chi connectivity index (χ0) is 12.6. The van der Waals surface area contributed by atoms with Gasteiger partial charge in [0.2, 0.25) is 0 Å². The van der Waals surface area contributed by atoms with E-state index < -0.39 is 0 Å². The van der Waals surface area contributed by atoms with Crippen LogP contribution in [0.25, 0.3) is 0 Å². The minimum Gasteiger partial charge on any atom is -0.491 e. The van der Waals surface area contributed by atoms with Gasteiger partial charge in [0.05, 0.1) is 13.2 Å². The Hall–Kier alpha value is -1.58. The molecule has 0 atom stereocenters. The second-order valence-corrected chi connectivity index (χ2v) is 4.09. The molecule has 1 aromatic heterocycles. The summed E-state index contributed by atoms with van der Waals surface area (Å²) in [5.41, 5.74) is 1.01. The normalized spacial score (nSPS) is 10.3. The lowest BCUT2D eigenvalue weighted by atomic mass is 10.3. The average molecular weight is 264 g/mol. The van der Waals surface area contributed by atoms with Gasteiger partial charge in [-0.3, -0.25) is 0 Å². The van der Waals surface area contributed by atoms with Gasteiger partial charge in [0, 0.05) is 6.20 Å². The lowest BCUT2D eigenvalue weighted by Crippen LogP contribution is -2.06. The van der Waals surface area contributed by atoms with Gasteiger partial charge in [0.1, 0.15) is 17.5 Å². The molecule has 0 saturated heterocycles. The maximum Gasteiger partial charge on any atom is 0.129 e. The fourth-order valence-electron chi connectivity index (χ4n) is 1.46. The van der Waals surface area contributed by atoms with Crippen molar-refractivity contribution in [1.29, 1.82) is 0 Å². The molecule has 0 saturated carbocycles. The molecule has 0 bridgehead atoms. The molecule has 0 aliphatic heterocycles. The van der Waals surface area contributed by atoms with Gasteiger partial charge in [0.15, 0.2) is 0 Å². The lowest BCUT2D eigenvalue weighted by molar-refractivity contribution is 0.0889. The van der Waals surface area contributed by atoms with Gasteiger partial charge >= 0.3 is 0 Å². The van der Waals surface area contributed by atoms with Gasteiger partial charge in [-0.1, -0.05) is 29.8 Å². The molecule has 0 aliphatic rings. The predicted molar refractivity (Wildman–Crippen MR) is 70.8 cm³/mol. The molecule has 1 heterocycles. The second-order valence-electron chi connectivity index (χ2n) is 3.70. The van der Waals surface area contributed by atoms with Crippen LogP contribution < -0.4 is 4.74 Å². The lowest BCUT2D eigenvalue weighted by Gasteiger charge is -2.07. The minimum atomic E-state index is 0.483. The largest absolute Gasteiger partial charge is 0.491 e. The molecule has 2 aromatic rings. The summed E-state index contributed by atoms with van der Waals surface area (Å²) in [6.07, 6.45) is 1.67. The highest BCUT2D eigenvalue weighted by atomic mass is 35.5. The summed E-state index contributed by atoms with van der Waals surface area (Å²) >= 11 is 5.77. The third kappa shape index (κ3) is 4.35. The number of aromatic nitrogens is 1. The highest BCUT2D eigenvalue weighted by molar-refractivity contribution is 6.29. The smallest absolute Gasteiger partial charge is 0.129 e. The molecule has 0 spiro atoms. The van der Waals surface area contributed by atoms with E-state index in [2.05, 4.69) is 4.98 Å². The maximum absolute atomic E-state index is 5.77. The van der Waals surface area contributed by atoms with Gasteiger partial charge < -0.3 is 9.47 Å². The summed E-state index contributed by atoms with van der Waals surface area (Å²) in [5.74, 6) is 0.855. The first-order valence-electron chi connectivity index (χ1n) is 5.70. The molecule has 1 aromatic carbocycles. The Kier molecular flexibility index (Phi) is 5.00. The van der Waals surface area contributed by atoms with Crippen molar-refractivity contribution in [2.45, 2.75) is 6.61 Å². The Morgan fingerprint density at radius 1 is 1.06 bits per heavy atom. The third-order valence-electron chi connectivity index (χ3n) is 2.30. The molecule has 0 N–H and O–H groups in total. The highest BCUT2D eigenvalue weighted by Crippen LogP contribution is 2.09. The summed E-state index contributed by atoms with van der Waals surface area (Å²) in [7, 11) is 0. The van der Waals surface area contributed by atoms with Gasteiger partial charge in [-0.25, -0.2) is 4.98 Å². The van der Waals surface area contributed by atoms with Crippen LogP contribution in [0, 0.1) is 0 Å². The van der Waals surface area contributed by atoms with Crippen molar-refractivity contribution in [2.24, 2.45) is 0 Å². The summed E-state index contributed by atoms with van der Waals surface area (Å²) in [6.45, 7) is 1.58. The number of pyridine rings is 1. The van der Waals surface area contributed by atoms with Crippen LogP contribution in [0.1, 0.15) is 5.56 Å². The van der Waals surface area contributed by atoms with Crippen molar-refractivity contribution in [2.75, 3.05) is 13.2 Å². The number of rotatable bonds is 6. The Morgan fingerprint density at radius 3 is 2.67 bits per heavy atom. The Bertz CT molecular complexity index is 476. The Balaban J connectivity index is 1.65. The third-order valence-corrected chi connectivity index (χ3v) is 2.51. The van der Waals surface area contributed by atoms with E-state index in [1.165, 1.54) is 0 Å². The fourth-order valence-corrected chi connectivity index (χ4v) is 1.65. The quantitative estimate of drug-likeness (QED) is 0.592. The van der Waals surface area contributed by atoms with Gasteiger partial charge in [-0.15, -0.1) is 0 Å². The van der Waals surface area contributed by atoms with Crippen molar-refractivity contribution in [1.82, 2.24) is 4.98 Å². The van der Waals surface area contributed by atoms with E-state index >= 15 is 0 Å². The predicted octanol–water partition coefficient (Wildman–Crippen LogP) is 3.33. The van der Waals surface area contributed by atoms with E-state index in [1.54, 1.807) is 12.3 Å². The first kappa shape index (κ1) is 12.9. The summed E-state index contributed by atoms with van der Waals surface area (Å²) in [6, 6.07) is 13.3. The van der Waals surface area contributed by atoms with Crippen molar-refractivity contribution < 1.29 is 9.47 Å². The van der Waals surface area contributed by atoms with E-state index in [9.17, 15) is 0 Å². The van der Waals surface area contributed by atoms with Crippen molar-refractivity contribution in [3.05, 3.63) is 59.4 Å². The monoisotopic (exact) mass is 263 g/mol. The molecular formula is C14H14ClNO2. The topological polar surface area (TPSA) is 31.4 Å². The van der Waals surface area contributed by atoms with E-state index in [0.717, 1.165) is 11.3 Å². The van der Waals surface area contributed by atoms with Crippen molar-refractivity contribution in [3.63, 3.8) is 0 Å².